The highest BCUT2D eigenvalue weighted by Crippen LogP contribution is 2.26. The predicted octanol–water partition coefficient (Wildman–Crippen LogP) is 2.51. The Hall–Kier alpha value is -0.120. The fourth-order valence-corrected chi connectivity index (χ4v) is 3.03. The predicted molar refractivity (Wildman–Crippen MR) is 78.0 cm³/mol. The van der Waals surface area contributed by atoms with Gasteiger partial charge in [0.2, 0.25) is 0 Å². The smallest absolute Gasteiger partial charge is 0.0630 e. The van der Waals surface area contributed by atoms with E-state index in [4.69, 9.17) is 4.74 Å². The minimum absolute atomic E-state index is 0.528. The molecule has 1 fully saturated rings. The monoisotopic (exact) mass is 256 g/mol. The van der Waals surface area contributed by atoms with Crippen LogP contribution in [-0.4, -0.2) is 50.3 Å². The molecule has 0 aliphatic heterocycles. The number of methoxy groups -OCH3 is 1. The summed E-state index contributed by atoms with van der Waals surface area (Å²) in [6.45, 7) is 10.9. The molecular weight excluding hydrogens is 224 g/mol. The van der Waals surface area contributed by atoms with Crippen molar-refractivity contribution in [3.05, 3.63) is 0 Å². The molecule has 3 nitrogen and oxygen atoms in total. The number of rotatable bonds is 9. The summed E-state index contributed by atoms with van der Waals surface area (Å²) in [5, 5.41) is 3.49. The molecule has 1 aliphatic carbocycles. The third kappa shape index (κ3) is 5.25. The van der Waals surface area contributed by atoms with Crippen molar-refractivity contribution >= 4 is 0 Å². The molecule has 0 saturated heterocycles. The van der Waals surface area contributed by atoms with Gasteiger partial charge in [-0.2, -0.15) is 0 Å². The minimum Gasteiger partial charge on any atom is -0.383 e. The summed E-state index contributed by atoms with van der Waals surface area (Å²) in [6.07, 6.45) is 5.55. The Morgan fingerprint density at radius 2 is 1.94 bits per heavy atom. The largest absolute Gasteiger partial charge is 0.383 e. The Morgan fingerprint density at radius 3 is 2.44 bits per heavy atom. The lowest BCUT2D eigenvalue weighted by Gasteiger charge is -2.37. The molecule has 0 bridgehead atoms. The molecular formula is C15H32N2O. The summed E-state index contributed by atoms with van der Waals surface area (Å²) < 4.78 is 5.44. The molecule has 1 rings (SSSR count). The number of nitrogens with zero attached hydrogens (tertiary/aromatic N) is 1. The molecule has 1 saturated carbocycles. The van der Waals surface area contributed by atoms with Gasteiger partial charge in [0.15, 0.2) is 0 Å². The van der Waals surface area contributed by atoms with Gasteiger partial charge in [0.25, 0.3) is 0 Å². The van der Waals surface area contributed by atoms with Crippen LogP contribution >= 0.6 is 0 Å². The van der Waals surface area contributed by atoms with E-state index in [1.807, 2.05) is 7.11 Å². The van der Waals surface area contributed by atoms with E-state index in [0.717, 1.165) is 31.7 Å². The van der Waals surface area contributed by atoms with E-state index < -0.39 is 0 Å². The second kappa shape index (κ2) is 8.89. The van der Waals surface area contributed by atoms with Crippen LogP contribution in [0.25, 0.3) is 0 Å². The van der Waals surface area contributed by atoms with Crippen molar-refractivity contribution < 1.29 is 4.74 Å². The number of nitrogens with one attached hydrogen (secondary N) is 1. The highest BCUT2D eigenvalue weighted by molar-refractivity contribution is 4.84. The van der Waals surface area contributed by atoms with Gasteiger partial charge in [0, 0.05) is 32.3 Å². The third-order valence-corrected chi connectivity index (χ3v) is 3.83. The van der Waals surface area contributed by atoms with Crippen molar-refractivity contribution in [1.29, 1.82) is 0 Å². The molecule has 1 aliphatic rings. The van der Waals surface area contributed by atoms with Crippen molar-refractivity contribution in [3.63, 3.8) is 0 Å². The summed E-state index contributed by atoms with van der Waals surface area (Å²) in [7, 11) is 1.82. The molecule has 18 heavy (non-hydrogen) atoms. The molecule has 0 radical (unpaired) electrons. The summed E-state index contributed by atoms with van der Waals surface area (Å²) in [6, 6.07) is 1.31. The van der Waals surface area contributed by atoms with Crippen molar-refractivity contribution in [3.8, 4) is 0 Å². The van der Waals surface area contributed by atoms with Crippen LogP contribution in [0.4, 0.5) is 0 Å². The van der Waals surface area contributed by atoms with Crippen molar-refractivity contribution in [2.75, 3.05) is 33.4 Å². The third-order valence-electron chi connectivity index (χ3n) is 3.83. The van der Waals surface area contributed by atoms with Gasteiger partial charge in [-0.05, 0) is 25.3 Å². The first-order valence-electron chi connectivity index (χ1n) is 7.64. The lowest BCUT2D eigenvalue weighted by Crippen LogP contribution is -2.50. The molecule has 0 spiro atoms. The summed E-state index contributed by atoms with van der Waals surface area (Å²) in [5.74, 6) is 0.728. The lowest BCUT2D eigenvalue weighted by molar-refractivity contribution is 0.0530. The Labute approximate surface area is 113 Å². The van der Waals surface area contributed by atoms with Crippen molar-refractivity contribution in [2.24, 2.45) is 5.92 Å². The van der Waals surface area contributed by atoms with E-state index in [1.165, 1.54) is 32.2 Å². The van der Waals surface area contributed by atoms with Gasteiger partial charge in [-0.15, -0.1) is 0 Å². The zero-order valence-electron chi connectivity index (χ0n) is 12.7. The summed E-state index contributed by atoms with van der Waals surface area (Å²) >= 11 is 0. The highest BCUT2D eigenvalue weighted by Gasteiger charge is 2.28. The van der Waals surface area contributed by atoms with E-state index in [-0.39, 0.29) is 0 Å². The maximum absolute atomic E-state index is 5.44. The molecule has 0 aromatic rings. The molecule has 3 heteroatoms. The Bertz CT molecular complexity index is 203. The molecule has 0 aromatic carbocycles. The maximum atomic E-state index is 5.44. The van der Waals surface area contributed by atoms with E-state index in [9.17, 15) is 0 Å². The van der Waals surface area contributed by atoms with Crippen LogP contribution in [0.3, 0.4) is 0 Å². The first kappa shape index (κ1) is 15.9. The minimum atomic E-state index is 0.528. The van der Waals surface area contributed by atoms with Crippen LogP contribution in [0.1, 0.15) is 46.5 Å². The van der Waals surface area contributed by atoms with E-state index in [0.29, 0.717) is 6.04 Å². The molecule has 1 unspecified atom stereocenters. The fourth-order valence-electron chi connectivity index (χ4n) is 3.03. The SMILES string of the molecule is CCNCC(COC)N(CC(C)C)C1CCCC1. The topological polar surface area (TPSA) is 24.5 Å². The van der Waals surface area contributed by atoms with Crippen LogP contribution in [0.15, 0.2) is 0 Å². The summed E-state index contributed by atoms with van der Waals surface area (Å²) in [4.78, 5) is 2.71. The normalized spacial score (nSPS) is 19.0. The standard InChI is InChI=1S/C15H32N2O/c1-5-16-10-15(12-18-4)17(11-13(2)3)14-8-6-7-9-14/h13-16H,5-12H2,1-4H3. The van der Waals surface area contributed by atoms with E-state index >= 15 is 0 Å². The van der Waals surface area contributed by atoms with Crippen LogP contribution in [-0.2, 0) is 4.74 Å². The second-order valence-electron chi connectivity index (χ2n) is 5.95. The first-order valence-corrected chi connectivity index (χ1v) is 7.64. The highest BCUT2D eigenvalue weighted by atomic mass is 16.5. The zero-order chi connectivity index (χ0) is 13.4. The Morgan fingerprint density at radius 1 is 1.28 bits per heavy atom. The van der Waals surface area contributed by atoms with Gasteiger partial charge in [0.05, 0.1) is 6.61 Å². The van der Waals surface area contributed by atoms with E-state index in [1.54, 1.807) is 0 Å². The van der Waals surface area contributed by atoms with Crippen molar-refractivity contribution in [2.45, 2.75) is 58.5 Å². The molecule has 0 amide bonds. The fraction of sp³-hybridized carbons (Fsp3) is 1.00. The van der Waals surface area contributed by atoms with Crippen LogP contribution in [0.2, 0.25) is 0 Å². The van der Waals surface area contributed by atoms with Crippen LogP contribution in [0, 0.1) is 5.92 Å². The lowest BCUT2D eigenvalue weighted by atomic mass is 10.1. The van der Waals surface area contributed by atoms with Gasteiger partial charge in [0.1, 0.15) is 0 Å². The average Bonchev–Trinajstić information content (AvgIpc) is 2.85. The average molecular weight is 256 g/mol. The molecule has 0 aromatic heterocycles. The van der Waals surface area contributed by atoms with Gasteiger partial charge in [-0.1, -0.05) is 33.6 Å². The van der Waals surface area contributed by atoms with Crippen molar-refractivity contribution in [1.82, 2.24) is 10.2 Å². The first-order chi connectivity index (χ1) is 8.69. The molecule has 0 heterocycles. The van der Waals surface area contributed by atoms with Gasteiger partial charge in [-0.25, -0.2) is 0 Å². The Kier molecular flexibility index (Phi) is 7.87. The van der Waals surface area contributed by atoms with Crippen LogP contribution in [0.5, 0.6) is 0 Å². The number of hydrogen-bond acceptors (Lipinski definition) is 3. The van der Waals surface area contributed by atoms with Gasteiger partial charge in [-0.3, -0.25) is 4.90 Å². The molecule has 108 valence electrons. The second-order valence-corrected chi connectivity index (χ2v) is 5.95. The van der Waals surface area contributed by atoms with E-state index in [2.05, 4.69) is 31.0 Å². The maximum Gasteiger partial charge on any atom is 0.0630 e. The zero-order valence-corrected chi connectivity index (χ0v) is 12.7. The van der Waals surface area contributed by atoms with Crippen LogP contribution < -0.4 is 5.32 Å². The number of hydrogen-bond donors (Lipinski definition) is 1. The number of likely N-dealkylation sites (N-methyl/N-ethyl adjacent to an activating group) is 1. The quantitative estimate of drug-likeness (QED) is 0.686. The Balaban J connectivity index is 2.62. The van der Waals surface area contributed by atoms with Gasteiger partial charge >= 0.3 is 0 Å². The van der Waals surface area contributed by atoms with Gasteiger partial charge < -0.3 is 10.1 Å². The molecule has 1 atom stereocenters. The summed E-state index contributed by atoms with van der Waals surface area (Å²) in [5.41, 5.74) is 0. The number of ether oxygens (including phenoxy) is 1. The molecule has 1 N–H and O–H groups in total.